The van der Waals surface area contributed by atoms with Gasteiger partial charge in [-0.05, 0) is 26.8 Å². The predicted octanol–water partition coefficient (Wildman–Crippen LogP) is 1.72. The van der Waals surface area contributed by atoms with Crippen molar-refractivity contribution in [2.24, 2.45) is 0 Å². The largest absolute Gasteiger partial charge is 0.305 e. The molecule has 0 rings (SSSR count). The highest BCUT2D eigenvalue weighted by Crippen LogP contribution is 2.00. The third-order valence-corrected chi connectivity index (χ3v) is 2.05. The topological polar surface area (TPSA) is 24.1 Å². The maximum Gasteiger partial charge on any atom is 0.0542 e. The van der Waals surface area contributed by atoms with Gasteiger partial charge in [0.05, 0.1) is 6.17 Å². The van der Waals surface area contributed by atoms with Crippen LogP contribution in [0.15, 0.2) is 0 Å². The molecule has 0 aromatic heterocycles. The Hall–Kier alpha value is -0.0800. The first kappa shape index (κ1) is 10.9. The molecule has 0 radical (unpaired) electrons. The molecule has 0 heterocycles. The number of nitrogens with one attached hydrogen (secondary N) is 2. The van der Waals surface area contributed by atoms with Gasteiger partial charge in [0.2, 0.25) is 0 Å². The van der Waals surface area contributed by atoms with Crippen LogP contribution in [0.5, 0.6) is 0 Å². The zero-order valence-corrected chi connectivity index (χ0v) is 8.28. The van der Waals surface area contributed by atoms with E-state index >= 15 is 0 Å². The van der Waals surface area contributed by atoms with E-state index in [-0.39, 0.29) is 0 Å². The van der Waals surface area contributed by atoms with Crippen molar-refractivity contribution >= 4 is 0 Å². The molecule has 0 aliphatic carbocycles. The molecule has 68 valence electrons. The summed E-state index contributed by atoms with van der Waals surface area (Å²) < 4.78 is 0. The molecule has 2 heteroatoms. The maximum absolute atomic E-state index is 3.51. The van der Waals surface area contributed by atoms with Gasteiger partial charge in [-0.25, -0.2) is 0 Å². The Balaban J connectivity index is 3.49. The third kappa shape index (κ3) is 5.22. The quantitative estimate of drug-likeness (QED) is 0.575. The molecule has 2 nitrogen and oxygen atoms in total. The number of hydrogen-bond donors (Lipinski definition) is 2. The van der Waals surface area contributed by atoms with E-state index < -0.39 is 0 Å². The Morgan fingerprint density at radius 2 is 1.91 bits per heavy atom. The summed E-state index contributed by atoms with van der Waals surface area (Å²) in [7, 11) is 1.98. The van der Waals surface area contributed by atoms with Gasteiger partial charge in [-0.2, -0.15) is 0 Å². The highest BCUT2D eigenvalue weighted by Gasteiger charge is 2.06. The van der Waals surface area contributed by atoms with E-state index in [9.17, 15) is 0 Å². The van der Waals surface area contributed by atoms with E-state index in [1.807, 2.05) is 7.05 Å². The summed E-state index contributed by atoms with van der Waals surface area (Å²) in [5.74, 6) is 0. The van der Waals surface area contributed by atoms with E-state index in [2.05, 4.69) is 31.4 Å². The van der Waals surface area contributed by atoms with E-state index in [4.69, 9.17) is 0 Å². The van der Waals surface area contributed by atoms with Crippen LogP contribution in [0.25, 0.3) is 0 Å². The fraction of sp³-hybridized carbons (Fsp3) is 1.00. The van der Waals surface area contributed by atoms with Crippen molar-refractivity contribution in [2.75, 3.05) is 7.05 Å². The first-order valence-electron chi connectivity index (χ1n) is 4.67. The van der Waals surface area contributed by atoms with Crippen LogP contribution >= 0.6 is 0 Å². The van der Waals surface area contributed by atoms with Crippen molar-refractivity contribution in [1.82, 2.24) is 10.6 Å². The van der Waals surface area contributed by atoms with Gasteiger partial charge >= 0.3 is 0 Å². The predicted molar refractivity (Wildman–Crippen MR) is 50.6 cm³/mol. The first-order chi connectivity index (χ1) is 5.24. The molecule has 0 fully saturated rings. The fourth-order valence-corrected chi connectivity index (χ4v) is 1.19. The van der Waals surface area contributed by atoms with Gasteiger partial charge in [-0.15, -0.1) is 0 Å². The highest BCUT2D eigenvalue weighted by atomic mass is 15.1. The molecule has 0 spiro atoms. The minimum absolute atomic E-state index is 0.437. The lowest BCUT2D eigenvalue weighted by molar-refractivity contribution is 0.382. The minimum atomic E-state index is 0.437. The van der Waals surface area contributed by atoms with Crippen LogP contribution in [0.1, 0.15) is 40.0 Å². The average molecular weight is 158 g/mol. The molecular weight excluding hydrogens is 136 g/mol. The number of rotatable bonds is 6. The molecule has 11 heavy (non-hydrogen) atoms. The lowest BCUT2D eigenvalue weighted by Gasteiger charge is -2.21. The van der Waals surface area contributed by atoms with E-state index in [0.717, 1.165) is 0 Å². The molecule has 0 saturated heterocycles. The van der Waals surface area contributed by atoms with Crippen molar-refractivity contribution in [3.63, 3.8) is 0 Å². The van der Waals surface area contributed by atoms with Gasteiger partial charge in [0, 0.05) is 6.04 Å². The Morgan fingerprint density at radius 1 is 1.27 bits per heavy atom. The molecular formula is C9H22N2. The zero-order chi connectivity index (χ0) is 8.69. The van der Waals surface area contributed by atoms with E-state index in [1.54, 1.807) is 0 Å². The molecule has 0 amide bonds. The lowest BCUT2D eigenvalue weighted by Crippen LogP contribution is -2.43. The molecule has 0 aliphatic rings. The van der Waals surface area contributed by atoms with E-state index in [1.165, 1.54) is 19.3 Å². The molecule has 2 unspecified atom stereocenters. The second-order valence-electron chi connectivity index (χ2n) is 3.07. The molecule has 0 aromatic rings. The Morgan fingerprint density at radius 3 is 2.27 bits per heavy atom. The van der Waals surface area contributed by atoms with Crippen molar-refractivity contribution in [2.45, 2.75) is 52.2 Å². The van der Waals surface area contributed by atoms with Gasteiger partial charge in [0.15, 0.2) is 0 Å². The minimum Gasteiger partial charge on any atom is -0.305 e. The maximum atomic E-state index is 3.51. The van der Waals surface area contributed by atoms with Crippen molar-refractivity contribution < 1.29 is 0 Å². The average Bonchev–Trinajstić information content (AvgIpc) is 2.03. The van der Waals surface area contributed by atoms with Crippen LogP contribution in [-0.2, 0) is 0 Å². The summed E-state index contributed by atoms with van der Waals surface area (Å²) >= 11 is 0. The summed E-state index contributed by atoms with van der Waals surface area (Å²) in [5, 5.41) is 6.68. The van der Waals surface area contributed by atoms with Crippen molar-refractivity contribution in [3.05, 3.63) is 0 Å². The highest BCUT2D eigenvalue weighted by molar-refractivity contribution is 4.66. The van der Waals surface area contributed by atoms with Crippen LogP contribution in [-0.4, -0.2) is 19.3 Å². The second kappa shape index (κ2) is 6.62. The Labute approximate surface area is 70.8 Å². The molecule has 2 atom stereocenters. The molecule has 0 aromatic carbocycles. The molecule has 0 bridgehead atoms. The third-order valence-electron chi connectivity index (χ3n) is 2.05. The van der Waals surface area contributed by atoms with Gasteiger partial charge < -0.3 is 5.32 Å². The van der Waals surface area contributed by atoms with Crippen molar-refractivity contribution in [3.8, 4) is 0 Å². The van der Waals surface area contributed by atoms with E-state index in [0.29, 0.717) is 12.2 Å². The van der Waals surface area contributed by atoms with Gasteiger partial charge in [0.1, 0.15) is 0 Å². The Bertz CT molecular complexity index is 83.6. The van der Waals surface area contributed by atoms with Gasteiger partial charge in [-0.3, -0.25) is 5.32 Å². The smallest absolute Gasteiger partial charge is 0.0542 e. The number of hydrogen-bond acceptors (Lipinski definition) is 2. The standard InChI is InChI=1S/C9H22N2/c1-5-7-9(6-2)11-8(3)10-4/h8-11H,5-7H2,1-4H3. The van der Waals surface area contributed by atoms with Gasteiger partial charge in [0.25, 0.3) is 0 Å². The zero-order valence-electron chi connectivity index (χ0n) is 8.28. The summed E-state index contributed by atoms with van der Waals surface area (Å²) in [6, 6.07) is 0.683. The summed E-state index contributed by atoms with van der Waals surface area (Å²) in [4.78, 5) is 0. The molecule has 0 saturated carbocycles. The van der Waals surface area contributed by atoms with Crippen LogP contribution in [0, 0.1) is 0 Å². The normalized spacial score (nSPS) is 16.4. The summed E-state index contributed by atoms with van der Waals surface area (Å²) in [5.41, 5.74) is 0. The summed E-state index contributed by atoms with van der Waals surface area (Å²) in [6.07, 6.45) is 4.20. The van der Waals surface area contributed by atoms with Crippen molar-refractivity contribution in [1.29, 1.82) is 0 Å². The van der Waals surface area contributed by atoms with Gasteiger partial charge in [-0.1, -0.05) is 20.3 Å². The summed E-state index contributed by atoms with van der Waals surface area (Å²) in [6.45, 7) is 6.61. The van der Waals surface area contributed by atoms with Crippen LogP contribution in [0.4, 0.5) is 0 Å². The van der Waals surface area contributed by atoms with Crippen LogP contribution in [0.3, 0.4) is 0 Å². The monoisotopic (exact) mass is 158 g/mol. The molecule has 0 aliphatic heterocycles. The SMILES string of the molecule is CCCC(CC)NC(C)NC. The second-order valence-corrected chi connectivity index (χ2v) is 3.07. The first-order valence-corrected chi connectivity index (χ1v) is 4.67. The fourth-order valence-electron chi connectivity index (χ4n) is 1.19. The Kier molecular flexibility index (Phi) is 6.57. The molecule has 2 N–H and O–H groups in total. The van der Waals surface area contributed by atoms with Crippen LogP contribution < -0.4 is 10.6 Å². The lowest BCUT2D eigenvalue weighted by atomic mass is 10.1. The van der Waals surface area contributed by atoms with Crippen LogP contribution in [0.2, 0.25) is 0 Å².